The summed E-state index contributed by atoms with van der Waals surface area (Å²) in [5.74, 6) is -2.56. The molecular formula is C53H48N8O8S4. The van der Waals surface area contributed by atoms with Crippen molar-refractivity contribution in [3.8, 4) is 0 Å². The van der Waals surface area contributed by atoms with Crippen LogP contribution < -0.4 is 10.6 Å². The first-order valence-electron chi connectivity index (χ1n) is 22.8. The molecule has 372 valence electrons. The molecule has 0 aliphatic carbocycles. The molecule has 4 heterocycles. The number of nitrogens with one attached hydrogen (secondary N) is 2. The maximum atomic E-state index is 15.0. The molecule has 0 saturated carbocycles. The maximum absolute atomic E-state index is 15.0. The van der Waals surface area contributed by atoms with E-state index in [1.54, 1.807) is 38.8 Å². The Morgan fingerprint density at radius 3 is 1.89 bits per heavy atom. The summed E-state index contributed by atoms with van der Waals surface area (Å²) in [7, 11) is -0.0904. The van der Waals surface area contributed by atoms with Gasteiger partial charge in [-0.15, -0.1) is 28.2 Å². The van der Waals surface area contributed by atoms with Crippen molar-refractivity contribution >= 4 is 80.4 Å². The van der Waals surface area contributed by atoms with Gasteiger partial charge in [0.05, 0.1) is 21.6 Å². The molecule has 3 amide bonds. The van der Waals surface area contributed by atoms with Crippen LogP contribution in [0.2, 0.25) is 0 Å². The van der Waals surface area contributed by atoms with Crippen molar-refractivity contribution in [2.24, 2.45) is 12.2 Å². The normalized spacial score (nSPS) is 16.8. The van der Waals surface area contributed by atoms with Crippen LogP contribution in [0, 0.1) is 0 Å². The van der Waals surface area contributed by atoms with Crippen molar-refractivity contribution < 1.29 is 37.7 Å². The fourth-order valence-electron chi connectivity index (χ4n) is 8.17. The number of rotatable bonds is 17. The molecule has 2 N–H and O–H groups in total. The van der Waals surface area contributed by atoms with E-state index in [2.05, 4.69) is 30.9 Å². The quantitative estimate of drug-likeness (QED) is 0.0167. The number of esters is 1. The average molecular weight is 1050 g/mol. The molecule has 73 heavy (non-hydrogen) atoms. The van der Waals surface area contributed by atoms with Gasteiger partial charge in [-0.2, -0.15) is 0 Å². The zero-order valence-corrected chi connectivity index (χ0v) is 43.1. The summed E-state index contributed by atoms with van der Waals surface area (Å²) in [4.78, 5) is 74.4. The van der Waals surface area contributed by atoms with Crippen LogP contribution in [-0.4, -0.2) is 86.3 Å². The number of ether oxygens (including phenoxy) is 2. The third-order valence-electron chi connectivity index (χ3n) is 11.4. The van der Waals surface area contributed by atoms with E-state index in [0.717, 1.165) is 16.2 Å². The standard InChI is InChI=1S/C53H48N8O8S4/c1-52(2,3)68-51(65)57-50-55-39(30-70-50)41(59-69-53(36-24-14-7-15-25-36,37-26-16-8-17-27-37)38-28-18-9-19-29-38)45(62)56-42-46(63)61-43(40(31-73(66)47(42)61)71-33-72-49-54-32-60(4)58-49)48(64)67-44(34-20-10-5-11-21-34)35-22-12-6-13-23-35/h5-30,32,42,44,47H,31,33H2,1-4H3,(H,56,62)(H,55,57,65)/b59-41-/t42-,47-,73?/m1/s1. The highest BCUT2D eigenvalue weighted by Gasteiger charge is 2.58. The first-order valence-corrected chi connectivity index (χ1v) is 27.1. The van der Waals surface area contributed by atoms with Gasteiger partial charge in [0.25, 0.3) is 11.8 Å². The molecule has 20 heteroatoms. The Morgan fingerprint density at radius 2 is 1.37 bits per heavy atom. The number of nitrogens with zero attached hydrogens (tertiary/aromatic N) is 6. The number of benzene rings is 5. The van der Waals surface area contributed by atoms with E-state index >= 15 is 0 Å². The van der Waals surface area contributed by atoms with Gasteiger partial charge in [0, 0.05) is 34.0 Å². The molecule has 1 fully saturated rings. The van der Waals surface area contributed by atoms with Crippen LogP contribution in [0.25, 0.3) is 0 Å². The highest BCUT2D eigenvalue weighted by molar-refractivity contribution is 8.18. The number of thiazole rings is 1. The monoisotopic (exact) mass is 1050 g/mol. The van der Waals surface area contributed by atoms with Crippen LogP contribution in [0.1, 0.15) is 60.4 Å². The summed E-state index contributed by atoms with van der Waals surface area (Å²) in [6.07, 6.45) is -0.0621. The van der Waals surface area contributed by atoms with E-state index in [9.17, 15) is 23.4 Å². The molecular weight excluding hydrogens is 1000 g/mol. The number of hydrogen-bond donors (Lipinski definition) is 2. The van der Waals surface area contributed by atoms with Crippen molar-refractivity contribution in [1.82, 2.24) is 30.0 Å². The van der Waals surface area contributed by atoms with Crippen molar-refractivity contribution in [2.45, 2.75) is 54.6 Å². The van der Waals surface area contributed by atoms with E-state index in [1.807, 2.05) is 152 Å². The second kappa shape index (κ2) is 22.2. The Labute approximate surface area is 436 Å². The number of oxime groups is 1. The van der Waals surface area contributed by atoms with Crippen LogP contribution in [0.4, 0.5) is 9.93 Å². The third kappa shape index (κ3) is 11.3. The summed E-state index contributed by atoms with van der Waals surface area (Å²) in [5, 5.41) is 15.6. The predicted octanol–water partition coefficient (Wildman–Crippen LogP) is 8.77. The largest absolute Gasteiger partial charge is 0.448 e. The lowest BCUT2D eigenvalue weighted by Gasteiger charge is -2.49. The molecule has 9 rings (SSSR count). The van der Waals surface area contributed by atoms with Crippen molar-refractivity contribution in [1.29, 1.82) is 0 Å². The topological polar surface area (TPSA) is 196 Å². The Morgan fingerprint density at radius 1 is 0.822 bits per heavy atom. The first-order chi connectivity index (χ1) is 35.3. The van der Waals surface area contributed by atoms with Crippen LogP contribution >= 0.6 is 34.9 Å². The van der Waals surface area contributed by atoms with E-state index in [-0.39, 0.29) is 28.0 Å². The van der Waals surface area contributed by atoms with Gasteiger partial charge in [0.15, 0.2) is 16.9 Å². The minimum Gasteiger partial charge on any atom is -0.448 e. The lowest BCUT2D eigenvalue weighted by molar-refractivity contribution is -0.154. The average Bonchev–Trinajstić information content (AvgIpc) is 4.04. The van der Waals surface area contributed by atoms with Gasteiger partial charge in [-0.3, -0.25) is 28.7 Å². The van der Waals surface area contributed by atoms with Gasteiger partial charge in [-0.25, -0.2) is 19.6 Å². The Hall–Kier alpha value is -7.39. The Kier molecular flexibility index (Phi) is 15.3. The molecule has 1 unspecified atom stereocenters. The zero-order valence-electron chi connectivity index (χ0n) is 39.8. The van der Waals surface area contributed by atoms with E-state index in [1.165, 1.54) is 28.9 Å². The summed E-state index contributed by atoms with van der Waals surface area (Å²) in [6.45, 7) is 5.17. The van der Waals surface area contributed by atoms with E-state index < -0.39 is 63.4 Å². The lowest BCUT2D eigenvalue weighted by Crippen LogP contribution is -2.74. The smallest absolute Gasteiger partial charge is 0.413 e. The number of carbonyl (C=O) groups excluding carboxylic acids is 4. The van der Waals surface area contributed by atoms with Gasteiger partial charge in [0.1, 0.15) is 34.7 Å². The van der Waals surface area contributed by atoms with Crippen LogP contribution in [0.5, 0.6) is 0 Å². The fourth-order valence-corrected chi connectivity index (χ4v) is 12.9. The van der Waals surface area contributed by atoms with E-state index in [0.29, 0.717) is 43.0 Å². The summed E-state index contributed by atoms with van der Waals surface area (Å²) < 4.78 is 27.8. The number of aryl methyl sites for hydroxylation is 1. The van der Waals surface area contributed by atoms with Crippen LogP contribution in [-0.2, 0) is 52.1 Å². The number of amides is 3. The number of hydrogen-bond acceptors (Lipinski definition) is 15. The highest BCUT2D eigenvalue weighted by Crippen LogP contribution is 2.43. The number of carbonyl (C=O) groups is 4. The molecule has 5 aromatic carbocycles. The summed E-state index contributed by atoms with van der Waals surface area (Å²) in [5.41, 5.74) is 0.726. The number of fused-ring (bicyclic) bond motifs is 1. The maximum Gasteiger partial charge on any atom is 0.413 e. The minimum absolute atomic E-state index is 0.0133. The predicted molar refractivity (Wildman–Crippen MR) is 282 cm³/mol. The van der Waals surface area contributed by atoms with Gasteiger partial charge in [-0.1, -0.05) is 169 Å². The molecule has 0 bridgehead atoms. The van der Waals surface area contributed by atoms with Gasteiger partial charge in [0.2, 0.25) is 10.8 Å². The number of anilines is 1. The van der Waals surface area contributed by atoms with Gasteiger partial charge >= 0.3 is 12.1 Å². The van der Waals surface area contributed by atoms with Gasteiger partial charge in [-0.05, 0) is 31.9 Å². The van der Waals surface area contributed by atoms with Crippen LogP contribution in [0.15, 0.2) is 184 Å². The molecule has 3 atom stereocenters. The van der Waals surface area contributed by atoms with Crippen molar-refractivity contribution in [3.05, 3.63) is 207 Å². The SMILES string of the molecule is Cn1cnc(SCSC2=C(C(=O)OC(c3ccccc3)c3ccccc3)N3C(=O)[C@@H](NC(=O)/C(=N\OC(c4ccccc4)(c4ccccc4)c4ccccc4)c4csc(NC(=O)OC(C)(C)C)n4)[C@H]3S(=O)C2)n1. The zero-order chi connectivity index (χ0) is 51.1. The molecule has 16 nitrogen and oxygen atoms in total. The highest BCUT2D eigenvalue weighted by atomic mass is 32.2. The second-order valence-corrected chi connectivity index (χ2v) is 22.3. The van der Waals surface area contributed by atoms with Crippen molar-refractivity contribution in [3.63, 3.8) is 0 Å². The molecule has 0 spiro atoms. The van der Waals surface area contributed by atoms with Crippen molar-refractivity contribution in [2.75, 3.05) is 16.2 Å². The van der Waals surface area contributed by atoms with Crippen LogP contribution in [0.3, 0.4) is 0 Å². The molecule has 0 radical (unpaired) electrons. The summed E-state index contributed by atoms with van der Waals surface area (Å²) in [6, 6.07) is 45.2. The number of thioether (sulfide) groups is 2. The molecule has 1 saturated heterocycles. The van der Waals surface area contributed by atoms with Gasteiger partial charge < -0.3 is 19.6 Å². The fraction of sp³-hybridized carbons (Fsp3) is 0.208. The molecule has 2 aromatic heterocycles. The molecule has 2 aliphatic heterocycles. The Bertz CT molecular complexity index is 3050. The number of β-lactam (4-membered cyclic amide) rings is 1. The minimum atomic E-state index is -1.84. The van der Waals surface area contributed by atoms with E-state index in [4.69, 9.17) is 14.3 Å². The number of aromatic nitrogens is 4. The lowest BCUT2D eigenvalue weighted by atomic mass is 9.80. The summed E-state index contributed by atoms with van der Waals surface area (Å²) >= 11 is 3.55. The first kappa shape index (κ1) is 50.5. The Balaban J connectivity index is 1.07. The third-order valence-corrected chi connectivity index (χ3v) is 16.0. The second-order valence-electron chi connectivity index (χ2n) is 17.5. The molecule has 7 aromatic rings. The molecule has 2 aliphatic rings.